The maximum absolute atomic E-state index is 14.0. The van der Waals surface area contributed by atoms with Crippen LogP contribution < -0.4 is 4.74 Å². The lowest BCUT2D eigenvalue weighted by Gasteiger charge is -2.18. The molecule has 26 heavy (non-hydrogen) atoms. The third-order valence-electron chi connectivity index (χ3n) is 3.91. The van der Waals surface area contributed by atoms with Gasteiger partial charge in [-0.05, 0) is 25.0 Å². The molecule has 0 aliphatic heterocycles. The Labute approximate surface area is 143 Å². The molecular formula is C16H10F4N4O2. The van der Waals surface area contributed by atoms with Gasteiger partial charge >= 0.3 is 12.4 Å². The number of aromatic nitrogens is 4. The van der Waals surface area contributed by atoms with E-state index in [1.807, 2.05) is 0 Å². The molecule has 2 heterocycles. The first kappa shape index (κ1) is 16.4. The van der Waals surface area contributed by atoms with Gasteiger partial charge in [-0.2, -0.15) is 8.78 Å². The quantitative estimate of drug-likeness (QED) is 0.640. The highest BCUT2D eigenvalue weighted by atomic mass is 19.3. The van der Waals surface area contributed by atoms with Crippen molar-refractivity contribution in [2.45, 2.75) is 24.9 Å². The lowest BCUT2D eigenvalue weighted by atomic mass is 10.1. The number of halogens is 4. The molecule has 0 N–H and O–H groups in total. The zero-order chi connectivity index (χ0) is 18.3. The molecule has 0 radical (unpaired) electrons. The van der Waals surface area contributed by atoms with Gasteiger partial charge in [0.15, 0.2) is 0 Å². The summed E-state index contributed by atoms with van der Waals surface area (Å²) in [5.74, 6) is -2.39. The molecule has 1 aromatic carbocycles. The summed E-state index contributed by atoms with van der Waals surface area (Å²) in [5.41, 5.74) is -1.10. The van der Waals surface area contributed by atoms with Crippen molar-refractivity contribution in [1.29, 1.82) is 0 Å². The summed E-state index contributed by atoms with van der Waals surface area (Å²) in [5, 5.41) is 6.68. The van der Waals surface area contributed by atoms with Crippen LogP contribution in [0.1, 0.15) is 30.7 Å². The molecule has 1 saturated carbocycles. The van der Waals surface area contributed by atoms with Crippen LogP contribution in [-0.2, 0) is 5.60 Å². The Morgan fingerprint density at radius 3 is 2.23 bits per heavy atom. The smallest absolute Gasteiger partial charge is 0.317 e. The maximum Gasteiger partial charge on any atom is 0.317 e. The number of rotatable bonds is 5. The lowest BCUT2D eigenvalue weighted by Crippen LogP contribution is -2.20. The first-order chi connectivity index (χ1) is 12.5. The van der Waals surface area contributed by atoms with E-state index in [2.05, 4.69) is 20.2 Å². The highest BCUT2D eigenvalue weighted by molar-refractivity contribution is 5.49. The summed E-state index contributed by atoms with van der Waals surface area (Å²) < 4.78 is 63.3. The van der Waals surface area contributed by atoms with Gasteiger partial charge in [-0.1, -0.05) is 6.07 Å². The predicted molar refractivity (Wildman–Crippen MR) is 78.2 cm³/mol. The minimum atomic E-state index is -2.88. The molecule has 10 heteroatoms. The fraction of sp³-hybridized carbons (Fsp3) is 0.250. The van der Waals surface area contributed by atoms with Crippen LogP contribution >= 0.6 is 0 Å². The summed E-state index contributed by atoms with van der Waals surface area (Å²) >= 11 is 0. The molecular weight excluding hydrogens is 356 g/mol. The second kappa shape index (κ2) is 6.04. The molecule has 0 atom stereocenters. The summed E-state index contributed by atoms with van der Waals surface area (Å²) in [6, 6.07) is 3.47. The highest BCUT2D eigenvalue weighted by Crippen LogP contribution is 2.50. The van der Waals surface area contributed by atoms with Crippen LogP contribution in [0.15, 0.2) is 35.0 Å². The van der Waals surface area contributed by atoms with Gasteiger partial charge in [0, 0.05) is 12.4 Å². The molecule has 6 nitrogen and oxygen atoms in total. The molecule has 0 amide bonds. The maximum atomic E-state index is 14.0. The van der Waals surface area contributed by atoms with Crippen molar-refractivity contribution in [2.75, 3.05) is 0 Å². The molecule has 1 aliphatic rings. The molecule has 2 aromatic heterocycles. The van der Waals surface area contributed by atoms with E-state index in [1.165, 1.54) is 18.5 Å². The van der Waals surface area contributed by atoms with Gasteiger partial charge < -0.3 is 9.15 Å². The van der Waals surface area contributed by atoms with E-state index in [1.54, 1.807) is 0 Å². The van der Waals surface area contributed by atoms with E-state index < -0.39 is 29.6 Å². The Morgan fingerprint density at radius 1 is 1.04 bits per heavy atom. The van der Waals surface area contributed by atoms with Gasteiger partial charge in [-0.3, -0.25) is 0 Å². The molecule has 0 spiro atoms. The first-order valence-corrected chi connectivity index (χ1v) is 7.56. The van der Waals surface area contributed by atoms with Crippen molar-refractivity contribution >= 4 is 0 Å². The van der Waals surface area contributed by atoms with Gasteiger partial charge in [-0.15, -0.1) is 10.2 Å². The van der Waals surface area contributed by atoms with Crippen LogP contribution in [-0.4, -0.2) is 20.2 Å². The summed E-state index contributed by atoms with van der Waals surface area (Å²) in [6.45, 7) is 0. The molecule has 4 rings (SSSR count). The second-order valence-corrected chi connectivity index (χ2v) is 5.69. The van der Waals surface area contributed by atoms with E-state index in [0.717, 1.165) is 12.1 Å². The van der Waals surface area contributed by atoms with Crippen LogP contribution in [0.3, 0.4) is 0 Å². The second-order valence-electron chi connectivity index (χ2n) is 5.69. The van der Waals surface area contributed by atoms with Gasteiger partial charge in [0.25, 0.3) is 11.8 Å². The van der Waals surface area contributed by atoms with E-state index in [4.69, 9.17) is 9.15 Å². The molecule has 1 aliphatic carbocycles. The fourth-order valence-electron chi connectivity index (χ4n) is 2.54. The van der Waals surface area contributed by atoms with Crippen molar-refractivity contribution in [3.63, 3.8) is 0 Å². The summed E-state index contributed by atoms with van der Waals surface area (Å²) in [6.07, 6.45) is 0.414. The van der Waals surface area contributed by atoms with Gasteiger partial charge in [0.05, 0.1) is 11.1 Å². The zero-order valence-corrected chi connectivity index (χ0v) is 13.0. The van der Waals surface area contributed by atoms with Crippen LogP contribution in [0.5, 0.6) is 6.01 Å². The molecule has 0 unspecified atom stereocenters. The number of hydrogen-bond acceptors (Lipinski definition) is 6. The van der Waals surface area contributed by atoms with Crippen molar-refractivity contribution in [1.82, 2.24) is 20.2 Å². The van der Waals surface area contributed by atoms with E-state index in [-0.39, 0.29) is 23.0 Å². The Hall–Kier alpha value is -3.04. The SMILES string of the molecule is Fc1cccc(F)c1C1(Oc2ncc(-c3nnc(C(F)F)o3)cn2)CC1. The molecule has 3 aromatic rings. The third-order valence-corrected chi connectivity index (χ3v) is 3.91. The standard InChI is InChI=1S/C16H10F4N4O2/c17-9-2-1-3-10(18)11(9)16(4-5-16)26-15-21-6-8(7-22-15)13-23-24-14(25-13)12(19)20/h1-3,6-7,12H,4-5H2. The van der Waals surface area contributed by atoms with Crippen LogP contribution in [0.4, 0.5) is 17.6 Å². The van der Waals surface area contributed by atoms with Crippen LogP contribution in [0.25, 0.3) is 11.5 Å². The van der Waals surface area contributed by atoms with Crippen molar-refractivity contribution in [3.05, 3.63) is 53.7 Å². The zero-order valence-electron chi connectivity index (χ0n) is 13.0. The minimum absolute atomic E-state index is 0.109. The Bertz CT molecular complexity index is 921. The van der Waals surface area contributed by atoms with Crippen molar-refractivity contribution in [2.24, 2.45) is 0 Å². The van der Waals surface area contributed by atoms with Crippen molar-refractivity contribution < 1.29 is 26.7 Å². The fourth-order valence-corrected chi connectivity index (χ4v) is 2.54. The van der Waals surface area contributed by atoms with Crippen LogP contribution in [0.2, 0.25) is 0 Å². The number of nitrogens with zero attached hydrogens (tertiary/aromatic N) is 4. The number of alkyl halides is 2. The first-order valence-electron chi connectivity index (χ1n) is 7.56. The van der Waals surface area contributed by atoms with E-state index in [9.17, 15) is 17.6 Å². The molecule has 0 bridgehead atoms. The Morgan fingerprint density at radius 2 is 1.69 bits per heavy atom. The van der Waals surface area contributed by atoms with Crippen molar-refractivity contribution in [3.8, 4) is 17.5 Å². The van der Waals surface area contributed by atoms with E-state index >= 15 is 0 Å². The third kappa shape index (κ3) is 2.87. The Balaban J connectivity index is 1.56. The topological polar surface area (TPSA) is 73.9 Å². The van der Waals surface area contributed by atoms with Gasteiger partial charge in [0.1, 0.15) is 17.2 Å². The number of benzene rings is 1. The van der Waals surface area contributed by atoms with Gasteiger partial charge in [0.2, 0.25) is 0 Å². The van der Waals surface area contributed by atoms with E-state index in [0.29, 0.717) is 12.8 Å². The average molecular weight is 366 g/mol. The Kier molecular flexibility index (Phi) is 3.82. The average Bonchev–Trinajstić information content (AvgIpc) is 3.19. The molecule has 0 saturated heterocycles. The highest BCUT2D eigenvalue weighted by Gasteiger charge is 2.51. The number of hydrogen-bond donors (Lipinski definition) is 0. The minimum Gasteiger partial charge on any atom is -0.452 e. The normalized spacial score (nSPS) is 15.3. The monoisotopic (exact) mass is 366 g/mol. The summed E-state index contributed by atoms with van der Waals surface area (Å²) in [4.78, 5) is 7.85. The lowest BCUT2D eigenvalue weighted by molar-refractivity contribution is 0.116. The largest absolute Gasteiger partial charge is 0.452 e. The van der Waals surface area contributed by atoms with Gasteiger partial charge in [-0.25, -0.2) is 18.7 Å². The number of ether oxygens (including phenoxy) is 1. The molecule has 1 fully saturated rings. The van der Waals surface area contributed by atoms with Crippen LogP contribution in [0, 0.1) is 11.6 Å². The predicted octanol–water partition coefficient (Wildman–Crippen LogP) is 3.81. The summed E-state index contributed by atoms with van der Waals surface area (Å²) in [7, 11) is 0. The molecule has 134 valence electrons.